The minimum absolute atomic E-state index is 0.00240. The molecule has 1 heterocycles. The number of fused-ring (bicyclic) bond motifs is 1. The minimum atomic E-state index is -1.46. The van der Waals surface area contributed by atoms with Crippen molar-refractivity contribution in [3.63, 3.8) is 0 Å². The maximum atomic E-state index is 13.3. The second kappa shape index (κ2) is 8.15. The third kappa shape index (κ3) is 4.50. The zero-order valence-corrected chi connectivity index (χ0v) is 18.1. The number of hydrogen-bond acceptors (Lipinski definition) is 3. The number of hydrogen-bond donors (Lipinski definition) is 0. The van der Waals surface area contributed by atoms with Crippen molar-refractivity contribution in [2.45, 2.75) is 50.9 Å². The summed E-state index contributed by atoms with van der Waals surface area (Å²) in [7, 11) is -1.46. The Morgan fingerprint density at radius 3 is 2.73 bits per heavy atom. The third-order valence-electron chi connectivity index (χ3n) is 5.55. The molecule has 1 aromatic heterocycles. The van der Waals surface area contributed by atoms with Gasteiger partial charge in [-0.3, -0.25) is 4.79 Å². The third-order valence-corrected chi connectivity index (χ3v) is 7.37. The topological polar surface area (TPSA) is 30.0 Å². The fourth-order valence-electron chi connectivity index (χ4n) is 4.31. The van der Waals surface area contributed by atoms with Crippen LogP contribution in [0.2, 0.25) is 19.6 Å². The second-order valence-electron chi connectivity index (χ2n) is 8.53. The molecule has 0 bridgehead atoms. The number of pyridine rings is 1. The molecule has 5 atom stereocenters. The lowest BCUT2D eigenvalue weighted by atomic mass is 9.71. The predicted molar refractivity (Wildman–Crippen MR) is 112 cm³/mol. The van der Waals surface area contributed by atoms with Crippen LogP contribution in [-0.4, -0.2) is 18.2 Å². The number of carbonyl (C=O) groups is 1. The molecule has 2 nitrogen and oxygen atoms in total. The monoisotopic (exact) mass is 383 g/mol. The molecule has 0 N–H and O–H groups in total. The molecule has 26 heavy (non-hydrogen) atoms. The van der Waals surface area contributed by atoms with Gasteiger partial charge in [0.15, 0.2) is 5.12 Å². The van der Waals surface area contributed by atoms with Crippen molar-refractivity contribution < 1.29 is 4.79 Å². The van der Waals surface area contributed by atoms with E-state index in [0.29, 0.717) is 11.8 Å². The summed E-state index contributed by atoms with van der Waals surface area (Å²) in [5.74, 6) is 5.25. The van der Waals surface area contributed by atoms with Crippen LogP contribution < -0.4 is 0 Å². The number of allylic oxidation sites excluding steroid dienone is 2. The molecule has 3 rings (SSSR count). The maximum absolute atomic E-state index is 13.3. The van der Waals surface area contributed by atoms with E-state index < -0.39 is 8.07 Å². The summed E-state index contributed by atoms with van der Waals surface area (Å²) in [6.07, 6.45) is 9.96. The fourth-order valence-corrected chi connectivity index (χ4v) is 5.83. The van der Waals surface area contributed by atoms with E-state index in [4.69, 9.17) is 0 Å². The van der Waals surface area contributed by atoms with Gasteiger partial charge < -0.3 is 0 Å². The summed E-state index contributed by atoms with van der Waals surface area (Å²) in [5.41, 5.74) is 3.51. The summed E-state index contributed by atoms with van der Waals surface area (Å²) in [5, 5.41) is 1.04. The Kier molecular flexibility index (Phi) is 6.09. The lowest BCUT2D eigenvalue weighted by Crippen LogP contribution is -2.34. The summed E-state index contributed by atoms with van der Waals surface area (Å²) in [4.78, 5) is 17.6. The fraction of sp³-hybridized carbons (Fsp3) is 0.545. The molecule has 0 aromatic carbocycles. The van der Waals surface area contributed by atoms with E-state index in [1.807, 2.05) is 18.2 Å². The van der Waals surface area contributed by atoms with Gasteiger partial charge in [0.2, 0.25) is 0 Å². The van der Waals surface area contributed by atoms with Crippen LogP contribution in [-0.2, 0) is 4.79 Å². The highest BCUT2D eigenvalue weighted by molar-refractivity contribution is 8.13. The molecule has 2 aliphatic rings. The van der Waals surface area contributed by atoms with Gasteiger partial charge in [-0.05, 0) is 54.5 Å². The van der Waals surface area contributed by atoms with Crippen LogP contribution in [0, 0.1) is 41.1 Å². The number of nitrogens with zero attached hydrogens (tertiary/aromatic N) is 1. The van der Waals surface area contributed by atoms with Gasteiger partial charge in [-0.15, -0.1) is 11.5 Å². The van der Waals surface area contributed by atoms with Gasteiger partial charge >= 0.3 is 0 Å². The van der Waals surface area contributed by atoms with E-state index in [1.54, 1.807) is 6.20 Å². The largest absolute Gasteiger partial charge is 0.286 e. The van der Waals surface area contributed by atoms with Crippen LogP contribution in [0.25, 0.3) is 0 Å². The molecule has 0 amide bonds. The Hall–Kier alpha value is -1.31. The van der Waals surface area contributed by atoms with Gasteiger partial charge in [-0.1, -0.05) is 51.2 Å². The van der Waals surface area contributed by atoms with Crippen molar-refractivity contribution in [3.05, 3.63) is 36.5 Å². The van der Waals surface area contributed by atoms with Gasteiger partial charge in [0.25, 0.3) is 0 Å². The first-order chi connectivity index (χ1) is 12.4. The Balaban J connectivity index is 1.88. The van der Waals surface area contributed by atoms with E-state index >= 15 is 0 Å². The standard InChI is InChI=1S/C22H29NOSSi/c1-5-16-9-12-19-18(16)11-10-17(13-15-26(2,3)4)21(19)22(24)25-20-8-6-7-14-23-20/h6-8,10-11,14,16-19,21H,5,9,12H2,1-4H3/t16-,17-,18+,19+,21+/m0/s1. The summed E-state index contributed by atoms with van der Waals surface area (Å²) in [6, 6.07) is 5.75. The Labute approximate surface area is 163 Å². The second-order valence-corrected chi connectivity index (χ2v) is 14.3. The molecule has 1 aromatic rings. The molecule has 138 valence electrons. The van der Waals surface area contributed by atoms with Crippen molar-refractivity contribution in [3.8, 4) is 11.5 Å². The van der Waals surface area contributed by atoms with Crippen LogP contribution in [0.15, 0.2) is 41.6 Å². The van der Waals surface area contributed by atoms with E-state index in [9.17, 15) is 4.79 Å². The lowest BCUT2D eigenvalue weighted by molar-refractivity contribution is -0.117. The highest BCUT2D eigenvalue weighted by atomic mass is 32.2. The Morgan fingerprint density at radius 1 is 1.27 bits per heavy atom. The molecule has 0 unspecified atom stereocenters. The zero-order valence-electron chi connectivity index (χ0n) is 16.2. The normalized spacial score (nSPS) is 30.4. The first-order valence-electron chi connectivity index (χ1n) is 9.73. The molecule has 4 heteroatoms. The van der Waals surface area contributed by atoms with Gasteiger partial charge in [-0.2, -0.15) is 0 Å². The average molecular weight is 384 g/mol. The molecular formula is C22H29NOSSi. The number of rotatable bonds is 3. The number of thioether (sulfide) groups is 1. The highest BCUT2D eigenvalue weighted by Gasteiger charge is 2.46. The quantitative estimate of drug-likeness (QED) is 0.301. The minimum Gasteiger partial charge on any atom is -0.286 e. The molecule has 2 aliphatic carbocycles. The number of carbonyl (C=O) groups excluding carboxylic acids is 1. The van der Waals surface area contributed by atoms with Gasteiger partial charge in [0, 0.05) is 18.0 Å². The van der Waals surface area contributed by atoms with Gasteiger partial charge in [0.1, 0.15) is 13.1 Å². The molecule has 0 aliphatic heterocycles. The van der Waals surface area contributed by atoms with Crippen molar-refractivity contribution >= 4 is 25.0 Å². The van der Waals surface area contributed by atoms with E-state index in [0.717, 1.165) is 17.4 Å². The molecule has 1 fully saturated rings. The van der Waals surface area contributed by atoms with Crippen molar-refractivity contribution in [1.82, 2.24) is 4.98 Å². The SMILES string of the molecule is CC[C@H]1CC[C@@H]2[C@@H]1C=C[C@@H](C#C[Si](C)(C)C)[C@H]2C(=O)Sc1ccccn1. The van der Waals surface area contributed by atoms with E-state index in [-0.39, 0.29) is 17.0 Å². The van der Waals surface area contributed by atoms with Crippen molar-refractivity contribution in [2.75, 3.05) is 0 Å². The Morgan fingerprint density at radius 2 is 2.08 bits per heavy atom. The van der Waals surface area contributed by atoms with Crippen LogP contribution in [0.3, 0.4) is 0 Å². The predicted octanol–water partition coefficient (Wildman–Crippen LogP) is 5.44. The number of aromatic nitrogens is 1. The first kappa shape index (κ1) is 19.4. The van der Waals surface area contributed by atoms with Crippen LogP contribution in [0.1, 0.15) is 26.2 Å². The van der Waals surface area contributed by atoms with E-state index in [1.165, 1.54) is 24.6 Å². The Bertz CT molecular complexity index is 728. The summed E-state index contributed by atoms with van der Waals surface area (Å²) in [6.45, 7) is 9.06. The van der Waals surface area contributed by atoms with Gasteiger partial charge in [-0.25, -0.2) is 4.98 Å². The molecular weight excluding hydrogens is 354 g/mol. The average Bonchev–Trinajstić information content (AvgIpc) is 3.02. The first-order valence-corrected chi connectivity index (χ1v) is 14.0. The maximum Gasteiger partial charge on any atom is 0.200 e. The lowest BCUT2D eigenvalue weighted by Gasteiger charge is -2.34. The summed E-state index contributed by atoms with van der Waals surface area (Å²) >= 11 is 1.30. The van der Waals surface area contributed by atoms with Gasteiger partial charge in [0.05, 0.1) is 0 Å². The smallest absolute Gasteiger partial charge is 0.200 e. The highest BCUT2D eigenvalue weighted by Crippen LogP contribution is 2.50. The van der Waals surface area contributed by atoms with Crippen molar-refractivity contribution in [1.29, 1.82) is 0 Å². The van der Waals surface area contributed by atoms with Crippen LogP contribution >= 0.6 is 11.8 Å². The summed E-state index contributed by atoms with van der Waals surface area (Å²) < 4.78 is 0. The molecule has 0 radical (unpaired) electrons. The molecule has 0 spiro atoms. The van der Waals surface area contributed by atoms with Crippen LogP contribution in [0.5, 0.6) is 0 Å². The zero-order chi connectivity index (χ0) is 18.7. The molecule has 0 saturated heterocycles. The van der Waals surface area contributed by atoms with Crippen LogP contribution in [0.4, 0.5) is 0 Å². The molecule has 1 saturated carbocycles. The van der Waals surface area contributed by atoms with Crippen molar-refractivity contribution in [2.24, 2.45) is 29.6 Å². The van der Waals surface area contributed by atoms with E-state index in [2.05, 4.69) is 55.2 Å².